The monoisotopic (exact) mass is 668 g/mol. The normalized spacial score (nSPS) is 14.5. The number of carbonyl (C=O) groups excluding carboxylic acids is 2. The second kappa shape index (κ2) is 18.2. The van der Waals surface area contributed by atoms with Gasteiger partial charge in [0.1, 0.15) is 0 Å². The fraction of sp³-hybridized carbons (Fsp3) is 0.412. The molecule has 0 aromatic heterocycles. The Morgan fingerprint density at radius 1 is 0.521 bits per heavy atom. The number of ether oxygens (including phenoxy) is 6. The molecule has 0 spiro atoms. The predicted molar refractivity (Wildman–Crippen MR) is 171 cm³/mol. The Morgan fingerprint density at radius 3 is 1.15 bits per heavy atom. The van der Waals surface area contributed by atoms with E-state index in [1.807, 2.05) is 0 Å². The van der Waals surface area contributed by atoms with E-state index in [9.17, 15) is 29.4 Å². The quantitative estimate of drug-likeness (QED) is 0.176. The summed E-state index contributed by atoms with van der Waals surface area (Å²) in [5, 5.41) is 18.9. The zero-order valence-electron chi connectivity index (χ0n) is 27.0. The van der Waals surface area contributed by atoms with Crippen LogP contribution < -0.4 is 0 Å². The van der Waals surface area contributed by atoms with Gasteiger partial charge in [-0.2, -0.15) is 0 Å². The molecule has 0 aliphatic carbocycles. The first kappa shape index (κ1) is 36.4. The highest BCUT2D eigenvalue weighted by molar-refractivity contribution is 6.30. The number of nitrogens with zero attached hydrogens (tertiary/aromatic N) is 2. The molecular formula is C34H40N2O12. The van der Waals surface area contributed by atoms with Crippen molar-refractivity contribution in [3.05, 3.63) is 81.9 Å². The van der Waals surface area contributed by atoms with Gasteiger partial charge in [-0.15, -0.1) is 0 Å². The number of benzene rings is 2. The van der Waals surface area contributed by atoms with Crippen LogP contribution >= 0.6 is 0 Å². The lowest BCUT2D eigenvalue weighted by atomic mass is 10.0. The third kappa shape index (κ3) is 8.92. The minimum atomic E-state index is -1.11. The standard InChI is InChI=1S/C34H40N2O12/c1-43-15-17-47-21-19-45-13-11-35-29(23-3-7-25(8-4-23)33(39)40)27-28(31(35)37)30(24-5-9-26(10-6-24)34(41)42)36(32(27)38)12-14-46-20-22-48-18-16-44-2/h3-10H,11-22H2,1-2H3,(H,39,40)(H,41,42). The van der Waals surface area contributed by atoms with Crippen molar-refractivity contribution in [3.63, 3.8) is 0 Å². The number of rotatable bonds is 22. The molecule has 2 amide bonds. The number of fused-ring (bicyclic) bond motifs is 1. The van der Waals surface area contributed by atoms with Crippen molar-refractivity contribution in [2.75, 3.05) is 93.4 Å². The lowest BCUT2D eigenvalue weighted by molar-refractivity contribution is -0.124. The summed E-state index contributed by atoms with van der Waals surface area (Å²) < 4.78 is 32.2. The van der Waals surface area contributed by atoms with E-state index in [4.69, 9.17) is 28.4 Å². The number of hydrogen-bond donors (Lipinski definition) is 2. The van der Waals surface area contributed by atoms with Gasteiger partial charge in [0, 0.05) is 27.3 Å². The van der Waals surface area contributed by atoms with Crippen molar-refractivity contribution in [2.24, 2.45) is 0 Å². The first-order valence-electron chi connectivity index (χ1n) is 15.4. The molecule has 0 saturated heterocycles. The molecule has 0 radical (unpaired) electrons. The summed E-state index contributed by atoms with van der Waals surface area (Å²) >= 11 is 0. The van der Waals surface area contributed by atoms with Crippen molar-refractivity contribution in [1.29, 1.82) is 0 Å². The fourth-order valence-corrected chi connectivity index (χ4v) is 5.20. The number of hydrogen-bond acceptors (Lipinski definition) is 10. The molecule has 0 bridgehead atoms. The molecule has 14 nitrogen and oxygen atoms in total. The van der Waals surface area contributed by atoms with Gasteiger partial charge >= 0.3 is 11.9 Å². The van der Waals surface area contributed by atoms with Crippen molar-refractivity contribution >= 4 is 35.1 Å². The highest BCUT2D eigenvalue weighted by Crippen LogP contribution is 2.46. The molecule has 2 N–H and O–H groups in total. The van der Waals surface area contributed by atoms with Gasteiger partial charge in [0.05, 0.1) is 99.7 Å². The van der Waals surface area contributed by atoms with E-state index in [-0.39, 0.29) is 61.8 Å². The molecule has 4 rings (SSSR count). The van der Waals surface area contributed by atoms with Gasteiger partial charge in [-0.05, 0) is 35.4 Å². The molecule has 2 heterocycles. The van der Waals surface area contributed by atoms with Gasteiger partial charge in [-0.1, -0.05) is 24.3 Å². The summed E-state index contributed by atoms with van der Waals surface area (Å²) in [6, 6.07) is 11.9. The van der Waals surface area contributed by atoms with Gasteiger partial charge in [-0.25, -0.2) is 9.59 Å². The van der Waals surface area contributed by atoms with Crippen LogP contribution in [0.5, 0.6) is 0 Å². The molecule has 14 heteroatoms. The van der Waals surface area contributed by atoms with Crippen LogP contribution in [0.2, 0.25) is 0 Å². The molecular weight excluding hydrogens is 628 g/mol. The number of carboxylic acid groups (broad SMARTS) is 2. The van der Waals surface area contributed by atoms with Crippen molar-refractivity contribution in [1.82, 2.24) is 9.80 Å². The van der Waals surface area contributed by atoms with Crippen LogP contribution in [-0.2, 0) is 38.0 Å². The number of amides is 2. The minimum Gasteiger partial charge on any atom is -0.478 e. The lowest BCUT2D eigenvalue weighted by Crippen LogP contribution is -2.33. The maximum Gasteiger partial charge on any atom is 0.335 e. The van der Waals surface area contributed by atoms with Gasteiger partial charge in [-0.3, -0.25) is 9.59 Å². The van der Waals surface area contributed by atoms with Gasteiger partial charge in [0.2, 0.25) is 0 Å². The second-order valence-corrected chi connectivity index (χ2v) is 10.6. The number of carboxylic acids is 2. The first-order chi connectivity index (χ1) is 23.3. The maximum absolute atomic E-state index is 14.2. The highest BCUT2D eigenvalue weighted by Gasteiger charge is 2.48. The smallest absolute Gasteiger partial charge is 0.335 e. The van der Waals surface area contributed by atoms with Crippen LogP contribution in [0, 0.1) is 0 Å². The van der Waals surface area contributed by atoms with E-state index in [1.165, 1.54) is 34.1 Å². The van der Waals surface area contributed by atoms with E-state index < -0.39 is 23.8 Å². The maximum atomic E-state index is 14.2. The minimum absolute atomic E-state index is 0.0507. The topological polar surface area (TPSA) is 171 Å². The molecule has 2 aliphatic rings. The third-order valence-electron chi connectivity index (χ3n) is 7.52. The Morgan fingerprint density at radius 2 is 0.833 bits per heavy atom. The highest BCUT2D eigenvalue weighted by atomic mass is 16.5. The first-order valence-corrected chi connectivity index (χ1v) is 15.4. The predicted octanol–water partition coefficient (Wildman–Crippen LogP) is 2.25. The van der Waals surface area contributed by atoms with Crippen LogP contribution in [-0.4, -0.2) is 137 Å². The number of carbonyl (C=O) groups is 4. The van der Waals surface area contributed by atoms with E-state index in [1.54, 1.807) is 38.5 Å². The van der Waals surface area contributed by atoms with Gasteiger partial charge in [0.15, 0.2) is 0 Å². The van der Waals surface area contributed by atoms with Crippen LogP contribution in [0.25, 0.3) is 11.4 Å². The van der Waals surface area contributed by atoms with Crippen LogP contribution in [0.15, 0.2) is 59.7 Å². The Kier molecular flexibility index (Phi) is 13.8. The van der Waals surface area contributed by atoms with Crippen molar-refractivity contribution in [2.45, 2.75) is 0 Å². The Hall–Kier alpha value is -4.44. The summed E-state index contributed by atoms with van der Waals surface area (Å²) in [6.07, 6.45) is 0. The van der Waals surface area contributed by atoms with Gasteiger partial charge in [0.25, 0.3) is 11.8 Å². The largest absolute Gasteiger partial charge is 0.478 e. The van der Waals surface area contributed by atoms with Crippen molar-refractivity contribution in [3.8, 4) is 0 Å². The van der Waals surface area contributed by atoms with E-state index in [0.29, 0.717) is 62.2 Å². The Labute approximate surface area is 278 Å². The molecule has 2 aromatic rings. The Bertz CT molecular complexity index is 1390. The van der Waals surface area contributed by atoms with Gasteiger partial charge < -0.3 is 48.4 Å². The summed E-state index contributed by atoms with van der Waals surface area (Å²) in [5.74, 6) is -3.11. The SMILES string of the molecule is COCCOCCOCCN1C(=O)C2=C(c3ccc(C(=O)O)cc3)N(CCOCCOCCOC)C(=O)C2=C1c1ccc(C(=O)O)cc1. The average molecular weight is 669 g/mol. The molecule has 0 saturated carbocycles. The Balaban J connectivity index is 1.66. The average Bonchev–Trinajstić information content (AvgIpc) is 3.53. The van der Waals surface area contributed by atoms with Crippen LogP contribution in [0.1, 0.15) is 31.8 Å². The fourth-order valence-electron chi connectivity index (χ4n) is 5.20. The second-order valence-electron chi connectivity index (χ2n) is 10.6. The zero-order chi connectivity index (χ0) is 34.5. The van der Waals surface area contributed by atoms with E-state index >= 15 is 0 Å². The van der Waals surface area contributed by atoms with Crippen molar-refractivity contribution < 1.29 is 57.8 Å². The molecule has 0 unspecified atom stereocenters. The zero-order valence-corrected chi connectivity index (χ0v) is 27.0. The number of aromatic carboxylic acids is 2. The molecule has 2 aliphatic heterocycles. The summed E-state index contributed by atoms with van der Waals surface area (Å²) in [6.45, 7) is 3.44. The summed E-state index contributed by atoms with van der Waals surface area (Å²) in [7, 11) is 3.16. The molecule has 2 aromatic carbocycles. The van der Waals surface area contributed by atoms with E-state index in [2.05, 4.69) is 0 Å². The van der Waals surface area contributed by atoms with Crippen LogP contribution in [0.4, 0.5) is 0 Å². The number of methoxy groups -OCH3 is 2. The molecule has 0 fully saturated rings. The molecule has 48 heavy (non-hydrogen) atoms. The summed E-state index contributed by atoms with van der Waals surface area (Å²) in [5.41, 5.74) is 2.02. The molecule has 0 atom stereocenters. The van der Waals surface area contributed by atoms with E-state index in [0.717, 1.165) is 0 Å². The molecule has 258 valence electrons. The lowest BCUT2D eigenvalue weighted by Gasteiger charge is -2.25. The van der Waals surface area contributed by atoms with Crippen LogP contribution in [0.3, 0.4) is 0 Å². The summed E-state index contributed by atoms with van der Waals surface area (Å²) in [4.78, 5) is 54.5. The third-order valence-corrected chi connectivity index (χ3v) is 7.52.